The Morgan fingerprint density at radius 2 is 2.17 bits per heavy atom. The molecule has 3 rings (SSSR count). The summed E-state index contributed by atoms with van der Waals surface area (Å²) in [5.74, 6) is -0.439. The predicted molar refractivity (Wildman–Crippen MR) is 109 cm³/mol. The van der Waals surface area contributed by atoms with E-state index < -0.39 is 23.6 Å². The van der Waals surface area contributed by atoms with Crippen molar-refractivity contribution >= 4 is 11.8 Å². The molecule has 1 aromatic carbocycles. The Bertz CT molecular complexity index is 947. The molecule has 2 N–H and O–H groups in total. The fourth-order valence-corrected chi connectivity index (χ4v) is 3.16. The number of alkyl carbamates (subject to hydrolysis) is 1. The number of carbonyl (C=O) groups is 1. The Kier molecular flexibility index (Phi) is 6.02. The van der Waals surface area contributed by atoms with Gasteiger partial charge in [0.05, 0.1) is 23.1 Å². The molecule has 0 unspecified atom stereocenters. The van der Waals surface area contributed by atoms with Crippen LogP contribution in [0.3, 0.4) is 0 Å². The van der Waals surface area contributed by atoms with Gasteiger partial charge in [-0.2, -0.15) is 5.26 Å². The SMILES string of the molecule is CC(C)(C)OC(=O)N[C@H](C#N)Cc1ccc(-c2ccc3c(n2)CCCN3)cc1F. The van der Waals surface area contributed by atoms with Crippen LogP contribution in [0.15, 0.2) is 30.3 Å². The molecule has 29 heavy (non-hydrogen) atoms. The lowest BCUT2D eigenvalue weighted by atomic mass is 10.0. The second kappa shape index (κ2) is 8.48. The average molecular weight is 396 g/mol. The predicted octanol–water partition coefficient (Wildman–Crippen LogP) is 4.21. The van der Waals surface area contributed by atoms with Crippen molar-refractivity contribution in [3.63, 3.8) is 0 Å². The number of anilines is 1. The Hall–Kier alpha value is -3.14. The zero-order valence-corrected chi connectivity index (χ0v) is 16.9. The molecule has 0 radical (unpaired) electrons. The van der Waals surface area contributed by atoms with Gasteiger partial charge in [-0.1, -0.05) is 12.1 Å². The molecular formula is C22H25FN4O2. The first-order chi connectivity index (χ1) is 13.7. The van der Waals surface area contributed by atoms with Crippen molar-refractivity contribution in [2.75, 3.05) is 11.9 Å². The summed E-state index contributed by atoms with van der Waals surface area (Å²) in [4.78, 5) is 16.5. The molecule has 0 fully saturated rings. The Labute approximate surface area is 170 Å². The van der Waals surface area contributed by atoms with Crippen LogP contribution in [0.4, 0.5) is 14.9 Å². The van der Waals surface area contributed by atoms with Crippen molar-refractivity contribution in [3.05, 3.63) is 47.4 Å². The van der Waals surface area contributed by atoms with Gasteiger partial charge in [0, 0.05) is 18.5 Å². The third kappa shape index (κ3) is 5.44. The molecule has 1 atom stereocenters. The van der Waals surface area contributed by atoms with Gasteiger partial charge in [0.2, 0.25) is 0 Å². The first kappa shape index (κ1) is 20.6. The number of benzene rings is 1. The van der Waals surface area contributed by atoms with Crippen molar-refractivity contribution in [1.82, 2.24) is 10.3 Å². The molecule has 1 amide bonds. The number of halogens is 1. The number of pyridine rings is 1. The summed E-state index contributed by atoms with van der Waals surface area (Å²) in [6, 6.07) is 9.76. The largest absolute Gasteiger partial charge is 0.444 e. The molecule has 1 aliphatic rings. The van der Waals surface area contributed by atoms with Gasteiger partial charge < -0.3 is 15.4 Å². The van der Waals surface area contributed by atoms with Crippen molar-refractivity contribution in [2.24, 2.45) is 0 Å². The number of amides is 1. The van der Waals surface area contributed by atoms with E-state index in [1.54, 1.807) is 32.9 Å². The fourth-order valence-electron chi connectivity index (χ4n) is 3.16. The minimum atomic E-state index is -0.891. The number of nitrogens with one attached hydrogen (secondary N) is 2. The molecular weight excluding hydrogens is 371 g/mol. The van der Waals surface area contributed by atoms with Crippen LogP contribution in [0, 0.1) is 17.1 Å². The van der Waals surface area contributed by atoms with Crippen molar-refractivity contribution in [3.8, 4) is 17.3 Å². The summed E-state index contributed by atoms with van der Waals surface area (Å²) in [6.07, 6.45) is 1.27. The lowest BCUT2D eigenvalue weighted by molar-refractivity contribution is 0.0515. The molecule has 152 valence electrons. The Balaban J connectivity index is 1.72. The van der Waals surface area contributed by atoms with E-state index in [0.29, 0.717) is 16.8 Å². The second-order valence-electron chi connectivity index (χ2n) is 8.06. The van der Waals surface area contributed by atoms with E-state index in [1.165, 1.54) is 6.07 Å². The summed E-state index contributed by atoms with van der Waals surface area (Å²) in [5.41, 5.74) is 3.08. The summed E-state index contributed by atoms with van der Waals surface area (Å²) in [5, 5.41) is 15.1. The van der Waals surface area contributed by atoms with Gasteiger partial charge in [-0.05, 0) is 57.4 Å². The average Bonchev–Trinajstić information content (AvgIpc) is 2.67. The highest BCUT2D eigenvalue weighted by molar-refractivity contribution is 5.68. The van der Waals surface area contributed by atoms with Gasteiger partial charge in [-0.15, -0.1) is 0 Å². The number of carbonyl (C=O) groups excluding carboxylic acids is 1. The Morgan fingerprint density at radius 1 is 1.38 bits per heavy atom. The highest BCUT2D eigenvalue weighted by Crippen LogP contribution is 2.26. The molecule has 1 aliphatic heterocycles. The molecule has 0 aliphatic carbocycles. The number of hydrogen-bond donors (Lipinski definition) is 2. The van der Waals surface area contributed by atoms with Gasteiger partial charge in [0.1, 0.15) is 17.5 Å². The zero-order valence-electron chi connectivity index (χ0n) is 16.9. The first-order valence-electron chi connectivity index (χ1n) is 9.67. The van der Waals surface area contributed by atoms with E-state index in [9.17, 15) is 14.4 Å². The van der Waals surface area contributed by atoms with Crippen LogP contribution in [0.1, 0.15) is 38.4 Å². The molecule has 0 bridgehead atoms. The van der Waals surface area contributed by atoms with E-state index in [1.807, 2.05) is 18.2 Å². The minimum absolute atomic E-state index is 0.0450. The topological polar surface area (TPSA) is 87.0 Å². The van der Waals surface area contributed by atoms with Gasteiger partial charge >= 0.3 is 6.09 Å². The normalized spacial score (nSPS) is 14.2. The van der Waals surface area contributed by atoms with Crippen LogP contribution in [-0.2, 0) is 17.6 Å². The summed E-state index contributed by atoms with van der Waals surface area (Å²) in [6.45, 7) is 6.14. The van der Waals surface area contributed by atoms with E-state index in [4.69, 9.17) is 4.74 Å². The van der Waals surface area contributed by atoms with Crippen molar-refractivity contribution in [1.29, 1.82) is 5.26 Å². The van der Waals surface area contributed by atoms with Crippen LogP contribution in [0.5, 0.6) is 0 Å². The van der Waals surface area contributed by atoms with Crippen LogP contribution in [0.2, 0.25) is 0 Å². The molecule has 2 aromatic rings. The van der Waals surface area contributed by atoms with Gasteiger partial charge in [0.15, 0.2) is 0 Å². The lowest BCUT2D eigenvalue weighted by Crippen LogP contribution is -2.39. The fraction of sp³-hybridized carbons (Fsp3) is 0.409. The highest BCUT2D eigenvalue weighted by atomic mass is 19.1. The number of fused-ring (bicyclic) bond motifs is 1. The van der Waals surface area contributed by atoms with Gasteiger partial charge in [0.25, 0.3) is 0 Å². The first-order valence-corrected chi connectivity index (χ1v) is 9.67. The molecule has 0 saturated carbocycles. The standard InChI is InChI=1S/C22H25FN4O2/c1-22(2,3)29-21(28)26-16(13-24)11-14-6-7-15(12-17(14)23)18-8-9-19-20(27-18)5-4-10-25-19/h6-9,12,16,25H,4-5,10-11H2,1-3H3,(H,26,28)/t16-/m0/s1. The van der Waals surface area contributed by atoms with Crippen molar-refractivity contribution in [2.45, 2.75) is 51.7 Å². The van der Waals surface area contributed by atoms with E-state index in [0.717, 1.165) is 30.8 Å². The number of nitriles is 1. The zero-order chi connectivity index (χ0) is 21.0. The number of rotatable bonds is 4. The molecule has 2 heterocycles. The monoisotopic (exact) mass is 396 g/mol. The third-order valence-electron chi connectivity index (χ3n) is 4.50. The third-order valence-corrected chi connectivity index (χ3v) is 4.50. The van der Waals surface area contributed by atoms with E-state index in [-0.39, 0.29) is 6.42 Å². The number of aromatic nitrogens is 1. The van der Waals surface area contributed by atoms with Crippen LogP contribution >= 0.6 is 0 Å². The number of ether oxygens (including phenoxy) is 1. The molecule has 0 saturated heterocycles. The maximum Gasteiger partial charge on any atom is 0.408 e. The van der Waals surface area contributed by atoms with Crippen molar-refractivity contribution < 1.29 is 13.9 Å². The minimum Gasteiger partial charge on any atom is -0.444 e. The second-order valence-corrected chi connectivity index (χ2v) is 8.06. The summed E-state index contributed by atoms with van der Waals surface area (Å²) in [7, 11) is 0. The van der Waals surface area contributed by atoms with Gasteiger partial charge in [-0.3, -0.25) is 4.98 Å². The lowest BCUT2D eigenvalue weighted by Gasteiger charge is -2.21. The molecule has 7 heteroatoms. The van der Waals surface area contributed by atoms with Crippen LogP contribution in [-0.4, -0.2) is 29.3 Å². The number of nitrogens with zero attached hydrogens (tertiary/aromatic N) is 2. The smallest absolute Gasteiger partial charge is 0.408 e. The van der Waals surface area contributed by atoms with E-state index in [2.05, 4.69) is 15.6 Å². The highest BCUT2D eigenvalue weighted by Gasteiger charge is 2.21. The van der Waals surface area contributed by atoms with Crippen LogP contribution < -0.4 is 10.6 Å². The summed E-state index contributed by atoms with van der Waals surface area (Å²) < 4.78 is 19.8. The quantitative estimate of drug-likeness (QED) is 0.809. The number of hydrogen-bond acceptors (Lipinski definition) is 5. The Morgan fingerprint density at radius 3 is 2.86 bits per heavy atom. The molecule has 1 aromatic heterocycles. The number of aryl methyl sites for hydroxylation is 1. The molecule has 6 nitrogen and oxygen atoms in total. The maximum absolute atomic E-state index is 14.7. The van der Waals surface area contributed by atoms with Gasteiger partial charge in [-0.25, -0.2) is 9.18 Å². The summed E-state index contributed by atoms with van der Waals surface area (Å²) >= 11 is 0. The van der Waals surface area contributed by atoms with E-state index >= 15 is 0 Å². The maximum atomic E-state index is 14.7. The molecule has 0 spiro atoms. The van der Waals surface area contributed by atoms with Crippen LogP contribution in [0.25, 0.3) is 11.3 Å².